The SMILES string of the molecule is CCOC(=O)C(N)C(=O)NC(C)CSC. The van der Waals surface area contributed by atoms with Crippen LogP contribution in [0.25, 0.3) is 0 Å². The number of carbonyl (C=O) groups is 2. The van der Waals surface area contributed by atoms with E-state index in [9.17, 15) is 9.59 Å². The highest BCUT2D eigenvalue weighted by Gasteiger charge is 2.24. The Balaban J connectivity index is 4.03. The van der Waals surface area contributed by atoms with Gasteiger partial charge in [-0.05, 0) is 20.1 Å². The van der Waals surface area contributed by atoms with Gasteiger partial charge in [0.2, 0.25) is 5.91 Å². The molecule has 0 aliphatic heterocycles. The van der Waals surface area contributed by atoms with Crippen molar-refractivity contribution in [3.63, 3.8) is 0 Å². The summed E-state index contributed by atoms with van der Waals surface area (Å²) in [4.78, 5) is 22.5. The molecule has 0 spiro atoms. The highest BCUT2D eigenvalue weighted by Crippen LogP contribution is 1.96. The lowest BCUT2D eigenvalue weighted by molar-refractivity contribution is -0.148. The lowest BCUT2D eigenvalue weighted by Crippen LogP contribution is -2.49. The van der Waals surface area contributed by atoms with Gasteiger partial charge in [0, 0.05) is 11.8 Å². The first kappa shape index (κ1) is 14.2. The fraction of sp³-hybridized carbons (Fsp3) is 0.778. The number of thioether (sulfide) groups is 1. The molecule has 0 bridgehead atoms. The van der Waals surface area contributed by atoms with Crippen LogP contribution in [0.2, 0.25) is 0 Å². The molecule has 2 atom stereocenters. The highest BCUT2D eigenvalue weighted by molar-refractivity contribution is 7.98. The zero-order valence-electron chi connectivity index (χ0n) is 9.28. The van der Waals surface area contributed by atoms with Gasteiger partial charge >= 0.3 is 5.97 Å². The molecule has 0 aromatic carbocycles. The molecule has 88 valence electrons. The Bertz CT molecular complexity index is 223. The smallest absolute Gasteiger partial charge is 0.332 e. The molecule has 0 fully saturated rings. The van der Waals surface area contributed by atoms with Crippen molar-refractivity contribution in [2.75, 3.05) is 18.6 Å². The molecular formula is C9H18N2O3S. The van der Waals surface area contributed by atoms with E-state index in [0.717, 1.165) is 5.75 Å². The van der Waals surface area contributed by atoms with E-state index in [1.54, 1.807) is 18.7 Å². The van der Waals surface area contributed by atoms with Gasteiger partial charge in [-0.1, -0.05) is 0 Å². The third-order valence-corrected chi connectivity index (χ3v) is 2.46. The van der Waals surface area contributed by atoms with Gasteiger partial charge < -0.3 is 15.8 Å². The van der Waals surface area contributed by atoms with Gasteiger partial charge in [-0.25, -0.2) is 4.79 Å². The lowest BCUT2D eigenvalue weighted by atomic mass is 10.2. The third kappa shape index (κ3) is 5.64. The van der Waals surface area contributed by atoms with E-state index >= 15 is 0 Å². The first-order valence-electron chi connectivity index (χ1n) is 4.74. The quantitative estimate of drug-likeness (QED) is 0.489. The maximum absolute atomic E-state index is 11.4. The summed E-state index contributed by atoms with van der Waals surface area (Å²) in [7, 11) is 0. The molecule has 0 aromatic rings. The average Bonchev–Trinajstić information content (AvgIpc) is 2.17. The van der Waals surface area contributed by atoms with Crippen molar-refractivity contribution < 1.29 is 14.3 Å². The standard InChI is InChI=1S/C9H18N2O3S/c1-4-14-9(13)7(10)8(12)11-6(2)5-15-3/h6-7H,4-5,10H2,1-3H3,(H,11,12). The van der Waals surface area contributed by atoms with Crippen LogP contribution in [-0.2, 0) is 14.3 Å². The van der Waals surface area contributed by atoms with Gasteiger partial charge in [0.05, 0.1) is 6.61 Å². The minimum absolute atomic E-state index is 0.00650. The zero-order valence-corrected chi connectivity index (χ0v) is 10.1. The van der Waals surface area contributed by atoms with Gasteiger partial charge in [0.25, 0.3) is 0 Å². The summed E-state index contributed by atoms with van der Waals surface area (Å²) in [5.41, 5.74) is 5.40. The van der Waals surface area contributed by atoms with Crippen LogP contribution in [0.15, 0.2) is 0 Å². The van der Waals surface area contributed by atoms with Crippen LogP contribution in [0.5, 0.6) is 0 Å². The Morgan fingerprint density at radius 1 is 1.53 bits per heavy atom. The molecule has 0 saturated carbocycles. The molecule has 0 heterocycles. The zero-order chi connectivity index (χ0) is 11.8. The number of nitrogens with one attached hydrogen (secondary N) is 1. The van der Waals surface area contributed by atoms with E-state index in [0.29, 0.717) is 0 Å². The van der Waals surface area contributed by atoms with Crippen molar-refractivity contribution in [1.82, 2.24) is 5.32 Å². The summed E-state index contributed by atoms with van der Waals surface area (Å²) in [5.74, 6) is -0.400. The van der Waals surface area contributed by atoms with Crippen LogP contribution in [0.3, 0.4) is 0 Å². The second kappa shape index (κ2) is 7.53. The summed E-state index contributed by atoms with van der Waals surface area (Å²) in [6, 6.07) is -1.23. The third-order valence-electron chi connectivity index (χ3n) is 1.63. The van der Waals surface area contributed by atoms with Gasteiger partial charge in [-0.2, -0.15) is 11.8 Å². The summed E-state index contributed by atoms with van der Waals surface area (Å²) in [5, 5.41) is 2.63. The fourth-order valence-electron chi connectivity index (χ4n) is 0.963. The first-order chi connectivity index (χ1) is 7.02. The molecule has 6 heteroatoms. The summed E-state index contributed by atoms with van der Waals surface area (Å²) < 4.78 is 4.64. The monoisotopic (exact) mass is 234 g/mol. The van der Waals surface area contributed by atoms with Crippen molar-refractivity contribution >= 4 is 23.6 Å². The van der Waals surface area contributed by atoms with E-state index in [4.69, 9.17) is 5.73 Å². The minimum atomic E-state index is -1.23. The number of amides is 1. The molecular weight excluding hydrogens is 216 g/mol. The summed E-state index contributed by atoms with van der Waals surface area (Å²) in [6.07, 6.45) is 1.94. The van der Waals surface area contributed by atoms with Crippen molar-refractivity contribution in [3.05, 3.63) is 0 Å². The maximum atomic E-state index is 11.4. The number of carbonyl (C=O) groups excluding carboxylic acids is 2. The molecule has 1 amide bonds. The van der Waals surface area contributed by atoms with Crippen LogP contribution in [0, 0.1) is 0 Å². The van der Waals surface area contributed by atoms with Crippen molar-refractivity contribution in [2.45, 2.75) is 25.9 Å². The molecule has 0 radical (unpaired) electrons. The van der Waals surface area contributed by atoms with E-state index in [1.807, 2.05) is 13.2 Å². The van der Waals surface area contributed by atoms with E-state index < -0.39 is 17.9 Å². The van der Waals surface area contributed by atoms with Crippen molar-refractivity contribution in [1.29, 1.82) is 0 Å². The average molecular weight is 234 g/mol. The van der Waals surface area contributed by atoms with Crippen molar-refractivity contribution in [2.24, 2.45) is 5.73 Å². The van der Waals surface area contributed by atoms with E-state index in [1.165, 1.54) is 0 Å². The molecule has 0 rings (SSSR count). The Morgan fingerprint density at radius 2 is 2.13 bits per heavy atom. The minimum Gasteiger partial charge on any atom is -0.464 e. The van der Waals surface area contributed by atoms with Gasteiger partial charge in [0.1, 0.15) is 0 Å². The van der Waals surface area contributed by atoms with Crippen LogP contribution in [-0.4, -0.2) is 42.6 Å². The van der Waals surface area contributed by atoms with Gasteiger partial charge in [-0.15, -0.1) is 0 Å². The molecule has 0 aliphatic carbocycles. The van der Waals surface area contributed by atoms with E-state index in [2.05, 4.69) is 10.1 Å². The molecule has 0 aliphatic rings. The van der Waals surface area contributed by atoms with Crippen LogP contribution >= 0.6 is 11.8 Å². The molecule has 2 unspecified atom stereocenters. The largest absolute Gasteiger partial charge is 0.464 e. The lowest BCUT2D eigenvalue weighted by Gasteiger charge is -2.15. The predicted molar refractivity (Wildman–Crippen MR) is 60.6 cm³/mol. The second-order valence-electron chi connectivity index (χ2n) is 3.09. The van der Waals surface area contributed by atoms with Crippen molar-refractivity contribution in [3.8, 4) is 0 Å². The number of ether oxygens (including phenoxy) is 1. The first-order valence-corrected chi connectivity index (χ1v) is 6.13. The maximum Gasteiger partial charge on any atom is 0.332 e. The Labute approximate surface area is 94.1 Å². The number of hydrogen-bond donors (Lipinski definition) is 2. The molecule has 0 aromatic heterocycles. The second-order valence-corrected chi connectivity index (χ2v) is 4.01. The molecule has 0 saturated heterocycles. The fourth-order valence-corrected chi connectivity index (χ4v) is 1.55. The van der Waals surface area contributed by atoms with Gasteiger partial charge in [0.15, 0.2) is 6.04 Å². The topological polar surface area (TPSA) is 81.4 Å². The van der Waals surface area contributed by atoms with Gasteiger partial charge in [-0.3, -0.25) is 4.79 Å². The number of esters is 1. The predicted octanol–water partition coefficient (Wildman–Crippen LogP) is -0.255. The Morgan fingerprint density at radius 3 is 2.60 bits per heavy atom. The molecule has 15 heavy (non-hydrogen) atoms. The summed E-state index contributed by atoms with van der Waals surface area (Å²) in [6.45, 7) is 3.74. The molecule has 3 N–H and O–H groups in total. The number of nitrogens with two attached hydrogens (primary N) is 1. The van der Waals surface area contributed by atoms with E-state index in [-0.39, 0.29) is 12.6 Å². The number of hydrogen-bond acceptors (Lipinski definition) is 5. The van der Waals surface area contributed by atoms with Crippen LogP contribution in [0.1, 0.15) is 13.8 Å². The Kier molecular flexibility index (Phi) is 7.15. The normalized spacial score (nSPS) is 14.1. The number of rotatable bonds is 6. The summed E-state index contributed by atoms with van der Waals surface area (Å²) >= 11 is 1.61. The van der Waals surface area contributed by atoms with Crippen LogP contribution < -0.4 is 11.1 Å². The Hall–Kier alpha value is -0.750. The molecule has 5 nitrogen and oxygen atoms in total. The van der Waals surface area contributed by atoms with Crippen LogP contribution in [0.4, 0.5) is 0 Å². The highest BCUT2D eigenvalue weighted by atomic mass is 32.2.